The van der Waals surface area contributed by atoms with Crippen LogP contribution in [0.1, 0.15) is 12.8 Å². The number of likely N-dealkylation sites (tertiary alicyclic amines) is 1. The average molecular weight is 285 g/mol. The molecule has 8 heteroatoms. The van der Waals surface area contributed by atoms with Crippen LogP contribution in [-0.4, -0.2) is 73.4 Å². The van der Waals surface area contributed by atoms with Gasteiger partial charge in [-0.15, -0.1) is 0 Å². The Bertz CT molecular complexity index is 266. The third kappa shape index (κ3) is 8.02. The Hall–Kier alpha value is -0.860. The lowest BCUT2D eigenvalue weighted by Gasteiger charge is -2.34. The molecule has 0 spiro atoms. The van der Waals surface area contributed by atoms with Crippen molar-refractivity contribution < 1.29 is 23.1 Å². The van der Waals surface area contributed by atoms with Gasteiger partial charge in [-0.05, 0) is 40.0 Å². The zero-order valence-electron chi connectivity index (χ0n) is 11.3. The van der Waals surface area contributed by atoms with Crippen LogP contribution in [0.25, 0.3) is 0 Å². The molecular weight excluding hydrogens is 263 g/mol. The molecule has 0 unspecified atom stereocenters. The summed E-state index contributed by atoms with van der Waals surface area (Å²) in [6.45, 7) is 4.29. The summed E-state index contributed by atoms with van der Waals surface area (Å²) >= 11 is 0. The number of halogens is 3. The highest BCUT2D eigenvalue weighted by atomic mass is 19.4. The molecule has 1 aliphatic heterocycles. The van der Waals surface area contributed by atoms with E-state index < -0.39 is 12.1 Å². The maximum absolute atomic E-state index is 10.6. The molecular formula is C11H22F3N3O2. The van der Waals surface area contributed by atoms with Gasteiger partial charge >= 0.3 is 12.1 Å². The van der Waals surface area contributed by atoms with E-state index in [1.54, 1.807) is 0 Å². The molecule has 114 valence electrons. The minimum absolute atomic E-state index is 0.768. The van der Waals surface area contributed by atoms with E-state index >= 15 is 0 Å². The van der Waals surface area contributed by atoms with E-state index in [1.807, 2.05) is 0 Å². The third-order valence-electron chi connectivity index (χ3n) is 3.04. The molecule has 1 fully saturated rings. The van der Waals surface area contributed by atoms with Gasteiger partial charge in [-0.3, -0.25) is 0 Å². The lowest BCUT2D eigenvalue weighted by Crippen LogP contribution is -2.43. The highest BCUT2D eigenvalue weighted by Gasteiger charge is 2.38. The second-order valence-corrected chi connectivity index (χ2v) is 4.61. The first-order chi connectivity index (χ1) is 8.68. The second-order valence-electron chi connectivity index (χ2n) is 4.61. The van der Waals surface area contributed by atoms with Gasteiger partial charge in [-0.2, -0.15) is 13.2 Å². The number of nitrogens with two attached hydrogens (primary N) is 1. The largest absolute Gasteiger partial charge is 0.490 e. The SMILES string of the molecule is CN1CCC(N(C)CCN)CC1.O=C(O)C(F)(F)F. The first kappa shape index (κ1) is 18.1. The van der Waals surface area contributed by atoms with Crippen molar-refractivity contribution in [2.24, 2.45) is 5.73 Å². The molecule has 5 nitrogen and oxygen atoms in total. The number of carbonyl (C=O) groups is 1. The van der Waals surface area contributed by atoms with E-state index in [1.165, 1.54) is 25.9 Å². The molecule has 0 aliphatic carbocycles. The minimum atomic E-state index is -5.08. The van der Waals surface area contributed by atoms with Gasteiger partial charge in [0.25, 0.3) is 0 Å². The van der Waals surface area contributed by atoms with Crippen LogP contribution in [0.3, 0.4) is 0 Å². The molecule has 1 rings (SSSR count). The number of alkyl halides is 3. The van der Waals surface area contributed by atoms with Crippen molar-refractivity contribution in [3.8, 4) is 0 Å². The van der Waals surface area contributed by atoms with Crippen LogP contribution in [-0.2, 0) is 4.79 Å². The minimum Gasteiger partial charge on any atom is -0.475 e. The van der Waals surface area contributed by atoms with Crippen LogP contribution < -0.4 is 5.73 Å². The fourth-order valence-electron chi connectivity index (χ4n) is 1.82. The van der Waals surface area contributed by atoms with Crippen molar-refractivity contribution in [2.75, 3.05) is 40.3 Å². The van der Waals surface area contributed by atoms with Gasteiger partial charge in [-0.25, -0.2) is 4.79 Å². The summed E-state index contributed by atoms with van der Waals surface area (Å²) in [4.78, 5) is 13.7. The second kappa shape index (κ2) is 8.34. The van der Waals surface area contributed by atoms with E-state index in [4.69, 9.17) is 15.6 Å². The van der Waals surface area contributed by atoms with Crippen molar-refractivity contribution in [3.05, 3.63) is 0 Å². The molecule has 0 amide bonds. The standard InChI is InChI=1S/C9H21N3.C2HF3O2/c1-11-6-3-9(4-7-11)12(2)8-5-10;3-2(4,5)1(6)7/h9H,3-8,10H2,1-2H3;(H,6,7). The number of piperidine rings is 1. The van der Waals surface area contributed by atoms with Gasteiger partial charge in [0.05, 0.1) is 0 Å². The van der Waals surface area contributed by atoms with Crippen LogP contribution in [0.5, 0.6) is 0 Å². The Morgan fingerprint density at radius 2 is 1.84 bits per heavy atom. The van der Waals surface area contributed by atoms with Crippen LogP contribution in [0, 0.1) is 0 Å². The predicted molar refractivity (Wildman–Crippen MR) is 65.9 cm³/mol. The van der Waals surface area contributed by atoms with E-state index in [-0.39, 0.29) is 0 Å². The quantitative estimate of drug-likeness (QED) is 0.795. The molecule has 0 bridgehead atoms. The summed E-state index contributed by atoms with van der Waals surface area (Å²) in [5.41, 5.74) is 5.51. The summed E-state index contributed by atoms with van der Waals surface area (Å²) < 4.78 is 31.7. The van der Waals surface area contributed by atoms with Crippen molar-refractivity contribution in [1.82, 2.24) is 9.80 Å². The molecule has 0 atom stereocenters. The molecule has 0 saturated carbocycles. The van der Waals surface area contributed by atoms with E-state index in [0.717, 1.165) is 19.1 Å². The topological polar surface area (TPSA) is 69.8 Å². The van der Waals surface area contributed by atoms with Gasteiger partial charge in [0.1, 0.15) is 0 Å². The van der Waals surface area contributed by atoms with Crippen LogP contribution in [0.4, 0.5) is 13.2 Å². The molecule has 1 saturated heterocycles. The highest BCUT2D eigenvalue weighted by Crippen LogP contribution is 2.13. The third-order valence-corrected chi connectivity index (χ3v) is 3.04. The van der Waals surface area contributed by atoms with Gasteiger partial charge in [0, 0.05) is 19.1 Å². The smallest absolute Gasteiger partial charge is 0.475 e. The van der Waals surface area contributed by atoms with Crippen molar-refractivity contribution in [2.45, 2.75) is 25.1 Å². The van der Waals surface area contributed by atoms with Gasteiger partial charge in [0.15, 0.2) is 0 Å². The zero-order valence-corrected chi connectivity index (χ0v) is 11.3. The number of rotatable bonds is 3. The monoisotopic (exact) mass is 285 g/mol. The van der Waals surface area contributed by atoms with E-state index in [9.17, 15) is 13.2 Å². The number of likely N-dealkylation sites (N-methyl/N-ethyl adjacent to an activating group) is 1. The summed E-state index contributed by atoms with van der Waals surface area (Å²) in [6, 6.07) is 0.768. The summed E-state index contributed by atoms with van der Waals surface area (Å²) in [6.07, 6.45) is -2.49. The Morgan fingerprint density at radius 3 is 2.16 bits per heavy atom. The Kier molecular flexibility index (Phi) is 7.96. The molecule has 1 heterocycles. The Balaban J connectivity index is 0.000000399. The summed E-state index contributed by atoms with van der Waals surface area (Å²) in [5.74, 6) is -2.76. The lowest BCUT2D eigenvalue weighted by molar-refractivity contribution is -0.192. The number of nitrogens with zero attached hydrogens (tertiary/aromatic N) is 2. The molecule has 0 aromatic heterocycles. The van der Waals surface area contributed by atoms with E-state index in [0.29, 0.717) is 0 Å². The maximum atomic E-state index is 10.6. The highest BCUT2D eigenvalue weighted by molar-refractivity contribution is 5.73. The lowest BCUT2D eigenvalue weighted by atomic mass is 10.0. The van der Waals surface area contributed by atoms with Gasteiger partial charge in [-0.1, -0.05) is 0 Å². The fraction of sp³-hybridized carbons (Fsp3) is 0.909. The first-order valence-corrected chi connectivity index (χ1v) is 6.07. The van der Waals surface area contributed by atoms with Gasteiger partial charge < -0.3 is 20.6 Å². The van der Waals surface area contributed by atoms with Crippen molar-refractivity contribution in [3.63, 3.8) is 0 Å². The maximum Gasteiger partial charge on any atom is 0.490 e. The Labute approximate surface area is 111 Å². The fourth-order valence-corrected chi connectivity index (χ4v) is 1.82. The molecule has 1 aliphatic rings. The number of carboxylic acids is 1. The molecule has 0 radical (unpaired) electrons. The van der Waals surface area contributed by atoms with Gasteiger partial charge in [0.2, 0.25) is 0 Å². The first-order valence-electron chi connectivity index (χ1n) is 6.07. The summed E-state index contributed by atoms with van der Waals surface area (Å²) in [5, 5.41) is 7.12. The average Bonchev–Trinajstić information content (AvgIpc) is 2.29. The number of aliphatic carboxylic acids is 1. The van der Waals surface area contributed by atoms with Crippen molar-refractivity contribution >= 4 is 5.97 Å². The van der Waals surface area contributed by atoms with Crippen LogP contribution in [0.2, 0.25) is 0 Å². The number of hydrogen-bond acceptors (Lipinski definition) is 4. The zero-order chi connectivity index (χ0) is 15.1. The van der Waals surface area contributed by atoms with E-state index in [2.05, 4.69) is 23.9 Å². The number of carboxylic acid groups (broad SMARTS) is 1. The molecule has 0 aromatic carbocycles. The normalized spacial score (nSPS) is 18.1. The van der Waals surface area contributed by atoms with Crippen LogP contribution >= 0.6 is 0 Å². The predicted octanol–water partition coefficient (Wildman–Crippen LogP) is 0.604. The van der Waals surface area contributed by atoms with Crippen molar-refractivity contribution in [1.29, 1.82) is 0 Å². The number of hydrogen-bond donors (Lipinski definition) is 2. The molecule has 3 N–H and O–H groups in total. The van der Waals surface area contributed by atoms with Crippen LogP contribution in [0.15, 0.2) is 0 Å². The Morgan fingerprint density at radius 1 is 1.42 bits per heavy atom. The summed E-state index contributed by atoms with van der Waals surface area (Å²) in [7, 11) is 4.38. The molecule has 0 aromatic rings. The molecule has 19 heavy (non-hydrogen) atoms.